The Hall–Kier alpha value is -0.230. The summed E-state index contributed by atoms with van der Waals surface area (Å²) in [7, 11) is 0. The lowest BCUT2D eigenvalue weighted by atomic mass is 10.4. The van der Waals surface area contributed by atoms with Gasteiger partial charge in [-0.1, -0.05) is 11.6 Å². The van der Waals surface area contributed by atoms with E-state index in [-0.39, 0.29) is 11.3 Å². The Kier molecular flexibility index (Phi) is 4.73. The summed E-state index contributed by atoms with van der Waals surface area (Å²) in [5.74, 6) is 0.732. The number of rotatable bonds is 5. The van der Waals surface area contributed by atoms with E-state index in [0.29, 0.717) is 25.5 Å². The molecule has 2 rings (SSSR count). The van der Waals surface area contributed by atoms with Gasteiger partial charge < -0.3 is 9.64 Å². The Morgan fingerprint density at radius 1 is 1.59 bits per heavy atom. The summed E-state index contributed by atoms with van der Waals surface area (Å²) >= 11 is 9.13. The summed E-state index contributed by atoms with van der Waals surface area (Å²) in [6.07, 6.45) is 0. The topological polar surface area (TPSA) is 29.5 Å². The van der Waals surface area contributed by atoms with Crippen molar-refractivity contribution in [1.82, 2.24) is 4.90 Å². The third-order valence-corrected chi connectivity index (χ3v) is 5.16. The number of halogens is 1. The number of amides is 1. The minimum absolute atomic E-state index is 0.112. The van der Waals surface area contributed by atoms with Crippen molar-refractivity contribution in [2.24, 2.45) is 0 Å². The van der Waals surface area contributed by atoms with Crippen LogP contribution in [0.4, 0.5) is 0 Å². The van der Waals surface area contributed by atoms with E-state index < -0.39 is 0 Å². The molecule has 3 nitrogen and oxygen atoms in total. The third-order valence-electron chi connectivity index (χ3n) is 2.49. The number of thioether (sulfide) groups is 1. The first kappa shape index (κ1) is 13.2. The van der Waals surface area contributed by atoms with Crippen LogP contribution in [0.3, 0.4) is 0 Å². The first-order valence-corrected chi connectivity index (χ1v) is 7.70. The summed E-state index contributed by atoms with van der Waals surface area (Å²) in [6.45, 7) is 3.89. The number of carbonyl (C=O) groups is 1. The highest BCUT2D eigenvalue weighted by atomic mass is 35.5. The van der Waals surface area contributed by atoms with Gasteiger partial charge in [-0.3, -0.25) is 4.79 Å². The van der Waals surface area contributed by atoms with Crippen LogP contribution in [0.5, 0.6) is 0 Å². The minimum atomic E-state index is 0.112. The van der Waals surface area contributed by atoms with Gasteiger partial charge in [0.05, 0.1) is 16.7 Å². The monoisotopic (exact) mass is 291 g/mol. The fourth-order valence-corrected chi connectivity index (χ4v) is 4.22. The molecule has 17 heavy (non-hydrogen) atoms. The van der Waals surface area contributed by atoms with Gasteiger partial charge in [-0.15, -0.1) is 23.1 Å². The van der Waals surface area contributed by atoms with Crippen LogP contribution in [0.2, 0.25) is 4.34 Å². The quantitative estimate of drug-likeness (QED) is 0.781. The predicted octanol–water partition coefficient (Wildman–Crippen LogP) is 3.01. The Bertz CT molecular complexity index is 397. The van der Waals surface area contributed by atoms with Gasteiger partial charge in [0.2, 0.25) is 5.91 Å². The number of nitrogens with zero attached hydrogens (tertiary/aromatic N) is 1. The van der Waals surface area contributed by atoms with Gasteiger partial charge >= 0.3 is 0 Å². The van der Waals surface area contributed by atoms with E-state index in [9.17, 15) is 4.79 Å². The van der Waals surface area contributed by atoms with Crippen molar-refractivity contribution in [3.05, 3.63) is 21.3 Å². The van der Waals surface area contributed by atoms with E-state index in [0.717, 1.165) is 9.21 Å². The van der Waals surface area contributed by atoms with Crippen LogP contribution in [0.15, 0.2) is 12.1 Å². The molecule has 1 amide bonds. The summed E-state index contributed by atoms with van der Waals surface area (Å²) < 4.78 is 6.08. The van der Waals surface area contributed by atoms with Crippen LogP contribution in [0.1, 0.15) is 17.2 Å². The van der Waals surface area contributed by atoms with Crippen molar-refractivity contribution in [2.75, 3.05) is 25.5 Å². The Labute approximate surface area is 114 Å². The maximum atomic E-state index is 11.8. The molecule has 1 aromatic rings. The van der Waals surface area contributed by atoms with Crippen molar-refractivity contribution in [2.45, 2.75) is 12.3 Å². The third kappa shape index (κ3) is 3.16. The largest absolute Gasteiger partial charge is 0.380 e. The molecule has 1 atom stereocenters. The van der Waals surface area contributed by atoms with Gasteiger partial charge in [0.15, 0.2) is 0 Å². The maximum absolute atomic E-state index is 11.8. The second-order valence-electron chi connectivity index (χ2n) is 3.59. The molecule has 0 spiro atoms. The van der Waals surface area contributed by atoms with Crippen LogP contribution in [0.25, 0.3) is 0 Å². The maximum Gasteiger partial charge on any atom is 0.233 e. The van der Waals surface area contributed by atoms with Gasteiger partial charge in [0, 0.05) is 18.0 Å². The summed E-state index contributed by atoms with van der Waals surface area (Å²) in [5.41, 5.74) is 0. The lowest BCUT2D eigenvalue weighted by Gasteiger charge is -2.22. The van der Waals surface area contributed by atoms with Crippen molar-refractivity contribution in [3.63, 3.8) is 0 Å². The summed E-state index contributed by atoms with van der Waals surface area (Å²) in [4.78, 5) is 14.8. The molecule has 0 saturated carbocycles. The van der Waals surface area contributed by atoms with Crippen molar-refractivity contribution in [1.29, 1.82) is 0 Å². The highest BCUT2D eigenvalue weighted by Gasteiger charge is 2.33. The normalized spacial score (nSPS) is 20.2. The Morgan fingerprint density at radius 2 is 2.41 bits per heavy atom. The predicted molar refractivity (Wildman–Crippen MR) is 72.7 cm³/mol. The molecule has 0 bridgehead atoms. The molecule has 0 aromatic carbocycles. The van der Waals surface area contributed by atoms with Crippen molar-refractivity contribution < 1.29 is 9.53 Å². The molecule has 94 valence electrons. The average molecular weight is 292 g/mol. The van der Waals surface area contributed by atoms with Crippen LogP contribution >= 0.6 is 34.7 Å². The van der Waals surface area contributed by atoms with Crippen molar-refractivity contribution >= 4 is 40.6 Å². The number of hydrogen-bond acceptors (Lipinski definition) is 4. The van der Waals surface area contributed by atoms with Crippen LogP contribution in [-0.2, 0) is 9.53 Å². The summed E-state index contributed by atoms with van der Waals surface area (Å²) in [6, 6.07) is 3.88. The van der Waals surface area contributed by atoms with Crippen LogP contribution < -0.4 is 0 Å². The molecule has 1 aliphatic heterocycles. The molecule has 2 heterocycles. The second-order valence-corrected chi connectivity index (χ2v) is 6.40. The standard InChI is InChI=1S/C11H14ClNO2S2/c1-2-15-6-5-13-10(14)7-16-11(13)8-3-4-9(12)17-8/h3-4,11H,2,5-7H2,1H3. The van der Waals surface area contributed by atoms with Gasteiger partial charge in [-0.2, -0.15) is 0 Å². The molecular formula is C11H14ClNO2S2. The molecule has 1 aliphatic rings. The molecule has 1 unspecified atom stereocenters. The zero-order chi connectivity index (χ0) is 12.3. The fourth-order valence-electron chi connectivity index (χ4n) is 1.70. The van der Waals surface area contributed by atoms with E-state index in [2.05, 4.69) is 0 Å². The van der Waals surface area contributed by atoms with E-state index in [1.165, 1.54) is 11.3 Å². The Balaban J connectivity index is 2.03. The molecule has 1 fully saturated rings. The number of hydrogen-bond donors (Lipinski definition) is 0. The molecular weight excluding hydrogens is 278 g/mol. The van der Waals surface area contributed by atoms with E-state index in [4.69, 9.17) is 16.3 Å². The first-order chi connectivity index (χ1) is 8.22. The number of carbonyl (C=O) groups excluding carboxylic acids is 1. The number of thiophene rings is 1. The zero-order valence-electron chi connectivity index (χ0n) is 9.52. The number of ether oxygens (including phenoxy) is 1. The highest BCUT2D eigenvalue weighted by molar-refractivity contribution is 8.00. The van der Waals surface area contributed by atoms with E-state index in [1.54, 1.807) is 11.8 Å². The lowest BCUT2D eigenvalue weighted by Crippen LogP contribution is -2.31. The van der Waals surface area contributed by atoms with E-state index >= 15 is 0 Å². The van der Waals surface area contributed by atoms with Gasteiger partial charge in [0.1, 0.15) is 5.37 Å². The molecule has 1 aromatic heterocycles. The highest BCUT2D eigenvalue weighted by Crippen LogP contribution is 2.42. The van der Waals surface area contributed by atoms with Gasteiger partial charge in [-0.25, -0.2) is 0 Å². The lowest BCUT2D eigenvalue weighted by molar-refractivity contribution is -0.128. The second kappa shape index (κ2) is 6.09. The van der Waals surface area contributed by atoms with E-state index in [1.807, 2.05) is 24.0 Å². The molecule has 0 radical (unpaired) electrons. The van der Waals surface area contributed by atoms with Crippen LogP contribution in [-0.4, -0.2) is 36.3 Å². The smallest absolute Gasteiger partial charge is 0.233 e. The van der Waals surface area contributed by atoms with Crippen molar-refractivity contribution in [3.8, 4) is 0 Å². The van der Waals surface area contributed by atoms with Crippen LogP contribution in [0, 0.1) is 0 Å². The van der Waals surface area contributed by atoms with Gasteiger partial charge in [-0.05, 0) is 19.1 Å². The molecule has 1 saturated heterocycles. The average Bonchev–Trinajstić information content (AvgIpc) is 2.87. The minimum Gasteiger partial charge on any atom is -0.380 e. The first-order valence-electron chi connectivity index (χ1n) is 5.46. The Morgan fingerprint density at radius 3 is 3.06 bits per heavy atom. The fraction of sp³-hybridized carbons (Fsp3) is 0.545. The molecule has 6 heteroatoms. The molecule has 0 N–H and O–H groups in total. The van der Waals surface area contributed by atoms with Gasteiger partial charge in [0.25, 0.3) is 0 Å². The SMILES string of the molecule is CCOCCN1C(=O)CSC1c1ccc(Cl)s1. The zero-order valence-corrected chi connectivity index (χ0v) is 11.9. The summed E-state index contributed by atoms with van der Waals surface area (Å²) in [5, 5.41) is 0.112. The molecule has 0 aliphatic carbocycles.